The first-order chi connectivity index (χ1) is 14.3. The average molecular weight is 426 g/mol. The summed E-state index contributed by atoms with van der Waals surface area (Å²) in [5.74, 6) is 3.66. The van der Waals surface area contributed by atoms with Crippen LogP contribution in [0.2, 0.25) is 5.02 Å². The van der Waals surface area contributed by atoms with Gasteiger partial charge in [-0.3, -0.25) is 4.90 Å². The monoisotopic (exact) mass is 425 g/mol. The Balaban J connectivity index is 2.07. The Morgan fingerprint density at radius 1 is 1.37 bits per heavy atom. The van der Waals surface area contributed by atoms with E-state index in [-0.39, 0.29) is 0 Å². The molecule has 1 aliphatic heterocycles. The number of nitrogens with one attached hydrogen (secondary N) is 1. The Kier molecular flexibility index (Phi) is 6.99. The Morgan fingerprint density at radius 3 is 2.73 bits per heavy atom. The van der Waals surface area contributed by atoms with Gasteiger partial charge in [-0.25, -0.2) is 9.98 Å². The summed E-state index contributed by atoms with van der Waals surface area (Å²) in [6.45, 7) is 7.00. The first kappa shape index (κ1) is 22.1. The Bertz CT molecular complexity index is 963. The summed E-state index contributed by atoms with van der Waals surface area (Å²) < 4.78 is 5.51. The fourth-order valence-corrected chi connectivity index (χ4v) is 3.75. The zero-order valence-electron chi connectivity index (χ0n) is 17.9. The normalized spacial score (nSPS) is 16.8. The summed E-state index contributed by atoms with van der Waals surface area (Å²) in [7, 11) is 3.86. The number of terminal acetylenes is 1. The molecule has 2 heterocycles. The van der Waals surface area contributed by atoms with Crippen molar-refractivity contribution in [3.63, 3.8) is 0 Å². The molecule has 7 heteroatoms. The number of benzene rings is 1. The number of pyridine rings is 1. The third-order valence-electron chi connectivity index (χ3n) is 5.26. The number of aliphatic imine (C=N–C) groups is 1. The van der Waals surface area contributed by atoms with Crippen LogP contribution in [0.25, 0.3) is 0 Å². The summed E-state index contributed by atoms with van der Waals surface area (Å²) >= 11 is 6.14. The van der Waals surface area contributed by atoms with Crippen molar-refractivity contribution in [1.29, 1.82) is 0 Å². The van der Waals surface area contributed by atoms with Crippen LogP contribution in [0.4, 0.5) is 17.2 Å². The van der Waals surface area contributed by atoms with Crippen LogP contribution in [0.3, 0.4) is 0 Å². The van der Waals surface area contributed by atoms with E-state index in [1.54, 1.807) is 6.34 Å². The lowest BCUT2D eigenvalue weighted by Crippen LogP contribution is -2.49. The Hall–Kier alpha value is -2.59. The smallest absolute Gasteiger partial charge is 0.156 e. The molecule has 158 valence electrons. The lowest BCUT2D eigenvalue weighted by molar-refractivity contribution is 0.000854. The molecule has 1 fully saturated rings. The molecule has 1 aromatic heterocycles. The minimum Gasteiger partial charge on any atom is -0.379 e. The number of rotatable bonds is 6. The van der Waals surface area contributed by atoms with Crippen LogP contribution < -0.4 is 5.32 Å². The molecule has 0 bridgehead atoms. The van der Waals surface area contributed by atoms with Crippen molar-refractivity contribution < 1.29 is 4.74 Å². The summed E-state index contributed by atoms with van der Waals surface area (Å²) in [5, 5.41) is 3.99. The van der Waals surface area contributed by atoms with E-state index < -0.39 is 5.54 Å². The predicted octanol–water partition coefficient (Wildman–Crippen LogP) is 4.19. The van der Waals surface area contributed by atoms with E-state index in [9.17, 15) is 0 Å². The molecule has 0 radical (unpaired) electrons. The number of hydrogen-bond acceptors (Lipinski definition) is 5. The Morgan fingerprint density at radius 2 is 2.10 bits per heavy atom. The quantitative estimate of drug-likeness (QED) is 0.427. The highest BCUT2D eigenvalue weighted by atomic mass is 35.5. The third kappa shape index (κ3) is 4.76. The van der Waals surface area contributed by atoms with Crippen LogP contribution in [-0.4, -0.2) is 61.5 Å². The van der Waals surface area contributed by atoms with Crippen molar-refractivity contribution in [1.82, 2.24) is 14.8 Å². The van der Waals surface area contributed by atoms with Gasteiger partial charge >= 0.3 is 0 Å². The molecule has 6 nitrogen and oxygen atoms in total. The van der Waals surface area contributed by atoms with Crippen LogP contribution >= 0.6 is 11.6 Å². The van der Waals surface area contributed by atoms with Crippen molar-refractivity contribution in [3.8, 4) is 12.3 Å². The van der Waals surface area contributed by atoms with Crippen molar-refractivity contribution >= 4 is 35.1 Å². The SMILES string of the molecule is C#CC(C)(c1cnc(Nc2cccc(Cl)c2)c(N=CN(C)C)c1C)N1CCOCC1. The highest BCUT2D eigenvalue weighted by Crippen LogP contribution is 2.38. The molecule has 1 atom stereocenters. The first-order valence-electron chi connectivity index (χ1n) is 9.89. The standard InChI is InChI=1S/C23H28ClN5O/c1-6-23(3,29-10-12-30-13-11-29)20-15-25-22(21(17(20)2)26-16-28(4)5)27-19-9-7-8-18(24)14-19/h1,7-9,14-16H,10-13H2,2-5H3,(H,25,27). The predicted molar refractivity (Wildman–Crippen MR) is 124 cm³/mol. The summed E-state index contributed by atoms with van der Waals surface area (Å²) in [4.78, 5) is 13.6. The molecule has 1 unspecified atom stereocenters. The van der Waals surface area contributed by atoms with Gasteiger partial charge in [0.05, 0.1) is 19.6 Å². The Labute approximate surface area is 183 Å². The molecule has 0 spiro atoms. The fourth-order valence-electron chi connectivity index (χ4n) is 3.56. The summed E-state index contributed by atoms with van der Waals surface area (Å²) in [6.07, 6.45) is 9.67. The number of nitrogens with zero attached hydrogens (tertiary/aromatic N) is 4. The summed E-state index contributed by atoms with van der Waals surface area (Å²) in [5.41, 5.74) is 2.94. The van der Waals surface area contributed by atoms with Gasteiger partial charge in [-0.1, -0.05) is 23.6 Å². The fraction of sp³-hybridized carbons (Fsp3) is 0.391. The molecule has 1 aromatic carbocycles. The second kappa shape index (κ2) is 9.48. The lowest BCUT2D eigenvalue weighted by atomic mass is 9.88. The van der Waals surface area contributed by atoms with Crippen molar-refractivity contribution in [2.24, 2.45) is 4.99 Å². The second-order valence-electron chi connectivity index (χ2n) is 7.65. The molecule has 1 N–H and O–H groups in total. The minimum absolute atomic E-state index is 0.599. The minimum atomic E-state index is -0.599. The molecular weight excluding hydrogens is 398 g/mol. The van der Waals surface area contributed by atoms with E-state index in [0.29, 0.717) is 24.1 Å². The zero-order valence-corrected chi connectivity index (χ0v) is 18.7. The second-order valence-corrected chi connectivity index (χ2v) is 8.09. The van der Waals surface area contributed by atoms with Gasteiger partial charge in [0.1, 0.15) is 11.2 Å². The first-order valence-corrected chi connectivity index (χ1v) is 10.3. The molecule has 0 aliphatic carbocycles. The maximum Gasteiger partial charge on any atom is 0.156 e. The van der Waals surface area contributed by atoms with E-state index in [4.69, 9.17) is 32.7 Å². The third-order valence-corrected chi connectivity index (χ3v) is 5.50. The van der Waals surface area contributed by atoms with Gasteiger partial charge < -0.3 is 15.0 Å². The van der Waals surface area contributed by atoms with Crippen LogP contribution in [0.15, 0.2) is 35.5 Å². The van der Waals surface area contributed by atoms with Gasteiger partial charge in [-0.05, 0) is 37.6 Å². The summed E-state index contributed by atoms with van der Waals surface area (Å²) in [6, 6.07) is 7.52. The molecule has 1 aliphatic rings. The highest BCUT2D eigenvalue weighted by molar-refractivity contribution is 6.30. The van der Waals surface area contributed by atoms with Gasteiger partial charge in [0, 0.05) is 49.7 Å². The number of ether oxygens (including phenoxy) is 1. The van der Waals surface area contributed by atoms with Gasteiger partial charge in [-0.2, -0.15) is 0 Å². The zero-order chi connectivity index (χ0) is 21.7. The maximum atomic E-state index is 6.14. The van der Waals surface area contributed by atoms with E-state index in [1.807, 2.05) is 56.4 Å². The molecular formula is C23H28ClN5O. The van der Waals surface area contributed by atoms with Crippen LogP contribution in [0.5, 0.6) is 0 Å². The van der Waals surface area contributed by atoms with Crippen LogP contribution in [-0.2, 0) is 10.3 Å². The molecule has 0 saturated carbocycles. The number of morpholine rings is 1. The van der Waals surface area contributed by atoms with Gasteiger partial charge in [-0.15, -0.1) is 6.42 Å². The average Bonchev–Trinajstić information content (AvgIpc) is 2.73. The molecule has 1 saturated heterocycles. The molecule has 2 aromatic rings. The number of anilines is 2. The van der Waals surface area contributed by atoms with E-state index >= 15 is 0 Å². The topological polar surface area (TPSA) is 53.0 Å². The van der Waals surface area contributed by atoms with Crippen molar-refractivity contribution in [2.75, 3.05) is 45.7 Å². The van der Waals surface area contributed by atoms with Crippen molar-refractivity contribution in [3.05, 3.63) is 46.6 Å². The van der Waals surface area contributed by atoms with Gasteiger partial charge in [0.2, 0.25) is 0 Å². The molecule has 30 heavy (non-hydrogen) atoms. The van der Waals surface area contributed by atoms with E-state index in [2.05, 4.69) is 23.1 Å². The largest absolute Gasteiger partial charge is 0.379 e. The van der Waals surface area contributed by atoms with Crippen LogP contribution in [0.1, 0.15) is 18.1 Å². The van der Waals surface area contributed by atoms with Gasteiger partial charge in [0.15, 0.2) is 5.82 Å². The maximum absolute atomic E-state index is 6.14. The van der Waals surface area contributed by atoms with Crippen LogP contribution in [0, 0.1) is 19.3 Å². The number of aromatic nitrogens is 1. The number of hydrogen-bond donors (Lipinski definition) is 1. The highest BCUT2D eigenvalue weighted by Gasteiger charge is 2.35. The number of halogens is 1. The van der Waals surface area contributed by atoms with E-state index in [0.717, 1.165) is 35.6 Å². The van der Waals surface area contributed by atoms with Crippen molar-refractivity contribution in [2.45, 2.75) is 19.4 Å². The molecule has 0 amide bonds. The van der Waals surface area contributed by atoms with Gasteiger partial charge in [0.25, 0.3) is 0 Å². The lowest BCUT2D eigenvalue weighted by Gasteiger charge is -2.40. The molecule has 3 rings (SSSR count). The van der Waals surface area contributed by atoms with E-state index in [1.165, 1.54) is 0 Å².